The number of halogens is 1. The highest BCUT2D eigenvalue weighted by atomic mass is 35.5. The minimum atomic E-state index is -0.500. The van der Waals surface area contributed by atoms with Crippen molar-refractivity contribution in [3.63, 3.8) is 0 Å². The van der Waals surface area contributed by atoms with Crippen molar-refractivity contribution in [2.75, 3.05) is 0 Å². The van der Waals surface area contributed by atoms with E-state index in [1.807, 2.05) is 30.3 Å². The first kappa shape index (κ1) is 19.7. The number of hydrogen-bond donors (Lipinski definition) is 3. The monoisotopic (exact) mass is 365 g/mol. The Kier molecular flexibility index (Phi) is 7.26. The van der Waals surface area contributed by atoms with Gasteiger partial charge in [-0.1, -0.05) is 30.3 Å². The molecule has 2 fully saturated rings. The zero-order valence-electron chi connectivity index (χ0n) is 14.7. The lowest BCUT2D eigenvalue weighted by molar-refractivity contribution is -0.129. The Morgan fingerprint density at radius 1 is 1.16 bits per heavy atom. The van der Waals surface area contributed by atoms with Gasteiger partial charge in [-0.3, -0.25) is 9.59 Å². The number of carbonyl (C=O) groups excluding carboxylic acids is 2. The summed E-state index contributed by atoms with van der Waals surface area (Å²) in [6.07, 6.45) is 5.17. The molecule has 2 bridgehead atoms. The van der Waals surface area contributed by atoms with Crippen molar-refractivity contribution >= 4 is 24.2 Å². The van der Waals surface area contributed by atoms with Crippen molar-refractivity contribution in [3.05, 3.63) is 35.9 Å². The first-order valence-corrected chi connectivity index (χ1v) is 8.97. The molecule has 138 valence electrons. The van der Waals surface area contributed by atoms with E-state index in [9.17, 15) is 9.59 Å². The Bertz CT molecular complexity index is 569. The van der Waals surface area contributed by atoms with Crippen molar-refractivity contribution in [1.29, 1.82) is 0 Å². The van der Waals surface area contributed by atoms with Gasteiger partial charge in [0.1, 0.15) is 6.04 Å². The van der Waals surface area contributed by atoms with Crippen LogP contribution in [0, 0.1) is 5.92 Å². The number of fused-ring (bicyclic) bond motifs is 2. The van der Waals surface area contributed by atoms with E-state index < -0.39 is 6.04 Å². The van der Waals surface area contributed by atoms with E-state index in [-0.39, 0.29) is 24.2 Å². The summed E-state index contributed by atoms with van der Waals surface area (Å²) in [6, 6.07) is 10.4. The molecule has 3 rings (SSSR count). The number of piperidine rings is 1. The Morgan fingerprint density at radius 2 is 1.80 bits per heavy atom. The molecule has 5 nitrogen and oxygen atoms in total. The van der Waals surface area contributed by atoms with Gasteiger partial charge in [-0.05, 0) is 44.1 Å². The molecule has 0 spiro atoms. The number of amides is 2. The van der Waals surface area contributed by atoms with Crippen molar-refractivity contribution in [1.82, 2.24) is 16.0 Å². The molecule has 3 atom stereocenters. The van der Waals surface area contributed by atoms with Gasteiger partial charge in [-0.25, -0.2) is 0 Å². The fraction of sp³-hybridized carbons (Fsp3) is 0.579. The predicted molar refractivity (Wildman–Crippen MR) is 100 cm³/mol. The van der Waals surface area contributed by atoms with Gasteiger partial charge >= 0.3 is 0 Å². The molecule has 3 N–H and O–H groups in total. The summed E-state index contributed by atoms with van der Waals surface area (Å²) in [7, 11) is 0. The predicted octanol–water partition coefficient (Wildman–Crippen LogP) is 2.15. The number of rotatable bonds is 6. The third-order valence-electron chi connectivity index (χ3n) is 5.13. The van der Waals surface area contributed by atoms with Crippen LogP contribution in [-0.4, -0.2) is 29.9 Å². The van der Waals surface area contributed by atoms with Crippen LogP contribution in [0.5, 0.6) is 0 Å². The molecule has 2 saturated heterocycles. The maximum atomic E-state index is 12.2. The quantitative estimate of drug-likeness (QED) is 0.723. The van der Waals surface area contributed by atoms with Crippen LogP contribution in [0.3, 0.4) is 0 Å². The average Bonchev–Trinajstić information content (AvgIpc) is 2.92. The van der Waals surface area contributed by atoms with E-state index in [0.717, 1.165) is 18.4 Å². The molecule has 2 heterocycles. The van der Waals surface area contributed by atoms with Gasteiger partial charge in [0.05, 0.1) is 0 Å². The maximum absolute atomic E-state index is 12.2. The summed E-state index contributed by atoms with van der Waals surface area (Å²) in [5.74, 6) is 0.296. The molecule has 0 aromatic heterocycles. The molecular formula is C19H28ClN3O2. The molecule has 0 aliphatic carbocycles. The topological polar surface area (TPSA) is 70.2 Å². The summed E-state index contributed by atoms with van der Waals surface area (Å²) >= 11 is 0. The summed E-state index contributed by atoms with van der Waals surface area (Å²) in [4.78, 5) is 24.3. The van der Waals surface area contributed by atoms with Crippen molar-refractivity contribution in [2.24, 2.45) is 5.92 Å². The van der Waals surface area contributed by atoms with Gasteiger partial charge in [0, 0.05) is 25.0 Å². The first-order valence-electron chi connectivity index (χ1n) is 8.97. The lowest BCUT2D eigenvalue weighted by Crippen LogP contribution is -2.46. The van der Waals surface area contributed by atoms with Crippen LogP contribution in [0.4, 0.5) is 0 Å². The van der Waals surface area contributed by atoms with E-state index in [0.29, 0.717) is 31.0 Å². The molecule has 25 heavy (non-hydrogen) atoms. The zero-order valence-corrected chi connectivity index (χ0v) is 15.5. The standard InChI is InChI=1S/C19H27N3O2.ClH/c1-13(19(24)20-12-14-5-3-2-4-6-14)21-18(23)11-15-9-16-7-8-17(10-15)22-16;/h2-6,13,15-17,22H,7-12H2,1H3,(H,20,24)(H,21,23);1H. The summed E-state index contributed by atoms with van der Waals surface area (Å²) < 4.78 is 0. The second kappa shape index (κ2) is 9.20. The number of carbonyl (C=O) groups is 2. The number of benzene rings is 1. The van der Waals surface area contributed by atoms with E-state index in [1.54, 1.807) is 6.92 Å². The Balaban J connectivity index is 0.00000225. The SMILES string of the molecule is CC(NC(=O)CC1CC2CCC(C1)N2)C(=O)NCc1ccccc1.Cl. The average molecular weight is 366 g/mol. The minimum absolute atomic E-state index is 0. The second-order valence-electron chi connectivity index (χ2n) is 7.17. The molecule has 0 saturated carbocycles. The zero-order chi connectivity index (χ0) is 16.9. The van der Waals surface area contributed by atoms with Gasteiger partial charge in [-0.15, -0.1) is 12.4 Å². The highest BCUT2D eigenvalue weighted by molar-refractivity contribution is 5.87. The molecule has 2 aliphatic heterocycles. The van der Waals surface area contributed by atoms with Gasteiger partial charge in [0.25, 0.3) is 0 Å². The van der Waals surface area contributed by atoms with E-state index in [2.05, 4.69) is 16.0 Å². The molecule has 6 heteroatoms. The lowest BCUT2D eigenvalue weighted by atomic mass is 9.89. The number of hydrogen-bond acceptors (Lipinski definition) is 3. The Hall–Kier alpha value is -1.59. The molecule has 0 radical (unpaired) electrons. The van der Waals surface area contributed by atoms with Gasteiger partial charge in [0.15, 0.2) is 0 Å². The minimum Gasteiger partial charge on any atom is -0.350 e. The second-order valence-corrected chi connectivity index (χ2v) is 7.17. The van der Waals surface area contributed by atoms with Crippen molar-refractivity contribution in [3.8, 4) is 0 Å². The molecular weight excluding hydrogens is 338 g/mol. The summed E-state index contributed by atoms with van der Waals surface area (Å²) in [5.41, 5.74) is 1.05. The van der Waals surface area contributed by atoms with Crippen molar-refractivity contribution < 1.29 is 9.59 Å². The summed E-state index contributed by atoms with van der Waals surface area (Å²) in [5, 5.41) is 9.30. The fourth-order valence-electron chi connectivity index (χ4n) is 3.91. The first-order chi connectivity index (χ1) is 11.6. The Labute approximate surface area is 155 Å². The largest absolute Gasteiger partial charge is 0.350 e. The van der Waals surface area contributed by atoms with Crippen LogP contribution in [0.2, 0.25) is 0 Å². The highest BCUT2D eigenvalue weighted by Gasteiger charge is 2.34. The van der Waals surface area contributed by atoms with Crippen LogP contribution >= 0.6 is 12.4 Å². The fourth-order valence-corrected chi connectivity index (χ4v) is 3.91. The van der Waals surface area contributed by atoms with Crippen LogP contribution in [0.25, 0.3) is 0 Å². The smallest absolute Gasteiger partial charge is 0.242 e. The molecule has 2 amide bonds. The van der Waals surface area contributed by atoms with E-state index >= 15 is 0 Å². The van der Waals surface area contributed by atoms with E-state index in [1.165, 1.54) is 12.8 Å². The molecule has 2 aliphatic rings. The van der Waals surface area contributed by atoms with Crippen LogP contribution in [-0.2, 0) is 16.1 Å². The van der Waals surface area contributed by atoms with Crippen LogP contribution in [0.15, 0.2) is 30.3 Å². The lowest BCUT2D eigenvalue weighted by Gasteiger charge is -2.29. The van der Waals surface area contributed by atoms with Crippen molar-refractivity contribution in [2.45, 2.75) is 63.7 Å². The van der Waals surface area contributed by atoms with E-state index in [4.69, 9.17) is 0 Å². The summed E-state index contributed by atoms with van der Waals surface area (Å²) in [6.45, 7) is 2.22. The third kappa shape index (κ3) is 5.72. The number of nitrogens with one attached hydrogen (secondary N) is 3. The molecule has 1 aromatic rings. The molecule has 1 aromatic carbocycles. The van der Waals surface area contributed by atoms with Crippen LogP contribution in [0.1, 0.15) is 44.6 Å². The maximum Gasteiger partial charge on any atom is 0.242 e. The van der Waals surface area contributed by atoms with Gasteiger partial charge < -0.3 is 16.0 Å². The molecule has 3 unspecified atom stereocenters. The Morgan fingerprint density at radius 3 is 2.44 bits per heavy atom. The third-order valence-corrected chi connectivity index (χ3v) is 5.13. The van der Waals surface area contributed by atoms with Crippen LogP contribution < -0.4 is 16.0 Å². The normalized spacial score (nSPS) is 25.6. The van der Waals surface area contributed by atoms with Gasteiger partial charge in [0.2, 0.25) is 11.8 Å². The highest BCUT2D eigenvalue weighted by Crippen LogP contribution is 2.32. The van der Waals surface area contributed by atoms with Gasteiger partial charge in [-0.2, -0.15) is 0 Å².